The lowest BCUT2D eigenvalue weighted by molar-refractivity contribution is -0.130. The molecule has 2 atom stereocenters. The third-order valence-electron chi connectivity index (χ3n) is 5.21. The van der Waals surface area contributed by atoms with E-state index in [1.165, 1.54) is 0 Å². The van der Waals surface area contributed by atoms with Gasteiger partial charge in [0.25, 0.3) is 0 Å². The molecule has 1 N–H and O–H groups in total. The fourth-order valence-electron chi connectivity index (χ4n) is 3.71. The van der Waals surface area contributed by atoms with E-state index in [2.05, 4.69) is 17.5 Å². The molecule has 0 aromatic heterocycles. The molecule has 1 fully saturated rings. The van der Waals surface area contributed by atoms with Crippen molar-refractivity contribution < 1.29 is 9.59 Å². The summed E-state index contributed by atoms with van der Waals surface area (Å²) < 4.78 is 0. The van der Waals surface area contributed by atoms with Gasteiger partial charge in [-0.25, -0.2) is 4.79 Å². The average molecular weight is 341 g/mol. The van der Waals surface area contributed by atoms with Crippen molar-refractivity contribution in [2.75, 3.05) is 26.7 Å². The Morgan fingerprint density at radius 1 is 1.12 bits per heavy atom. The van der Waals surface area contributed by atoms with Gasteiger partial charge in [-0.1, -0.05) is 42.5 Å². The molecule has 1 aromatic carbocycles. The molecule has 3 amide bonds. The minimum Gasteiger partial charge on any atom is -0.341 e. The van der Waals surface area contributed by atoms with Crippen LogP contribution in [0.4, 0.5) is 4.79 Å². The minimum atomic E-state index is -0.0343. The number of likely N-dealkylation sites (tertiary alicyclic amines) is 1. The summed E-state index contributed by atoms with van der Waals surface area (Å²) in [6.45, 7) is 2.66. The summed E-state index contributed by atoms with van der Waals surface area (Å²) in [5.41, 5.74) is 1.11. The van der Waals surface area contributed by atoms with Crippen LogP contribution in [-0.4, -0.2) is 48.4 Å². The number of rotatable bonds is 5. The van der Waals surface area contributed by atoms with Crippen LogP contribution >= 0.6 is 0 Å². The van der Waals surface area contributed by atoms with E-state index in [1.54, 1.807) is 11.9 Å². The van der Waals surface area contributed by atoms with Gasteiger partial charge in [0.2, 0.25) is 5.91 Å². The molecule has 1 aliphatic heterocycles. The van der Waals surface area contributed by atoms with Gasteiger partial charge in [0, 0.05) is 39.6 Å². The molecule has 1 heterocycles. The molecule has 0 saturated carbocycles. The summed E-state index contributed by atoms with van der Waals surface area (Å²) in [6, 6.07) is 9.88. The molecule has 134 valence electrons. The molecule has 1 aliphatic carbocycles. The Kier molecular flexibility index (Phi) is 5.74. The van der Waals surface area contributed by atoms with Crippen LogP contribution in [0, 0.1) is 11.8 Å². The van der Waals surface area contributed by atoms with Gasteiger partial charge in [0.15, 0.2) is 0 Å². The van der Waals surface area contributed by atoms with Gasteiger partial charge in [-0.15, -0.1) is 0 Å². The maximum absolute atomic E-state index is 12.3. The standard InChI is InChI=1S/C20H27N3O2/c1-22(13-16-7-3-2-4-8-16)19(24)11-12-21-20(25)23-14-17-9-5-6-10-18(17)15-23/h2-8,17-18H,9-15H2,1H3,(H,21,25)/t17-,18+. The van der Waals surface area contributed by atoms with Crippen LogP contribution in [0.25, 0.3) is 0 Å². The summed E-state index contributed by atoms with van der Waals surface area (Å²) in [4.78, 5) is 28.1. The van der Waals surface area contributed by atoms with Crippen LogP contribution in [0.5, 0.6) is 0 Å². The van der Waals surface area contributed by atoms with E-state index >= 15 is 0 Å². The van der Waals surface area contributed by atoms with E-state index in [-0.39, 0.29) is 11.9 Å². The Morgan fingerprint density at radius 2 is 1.76 bits per heavy atom. The Bertz CT molecular complexity index is 613. The summed E-state index contributed by atoms with van der Waals surface area (Å²) in [5.74, 6) is 1.26. The summed E-state index contributed by atoms with van der Waals surface area (Å²) in [6.07, 6.45) is 6.94. The maximum Gasteiger partial charge on any atom is 0.317 e. The number of fused-ring (bicyclic) bond motifs is 1. The van der Waals surface area contributed by atoms with Crippen LogP contribution < -0.4 is 5.32 Å². The molecule has 25 heavy (non-hydrogen) atoms. The molecule has 0 unspecified atom stereocenters. The van der Waals surface area contributed by atoms with Crippen LogP contribution in [0.2, 0.25) is 0 Å². The predicted molar refractivity (Wildman–Crippen MR) is 97.9 cm³/mol. The first kappa shape index (κ1) is 17.5. The van der Waals surface area contributed by atoms with Crippen molar-refractivity contribution in [3.63, 3.8) is 0 Å². The molecule has 0 radical (unpaired) electrons. The summed E-state index contributed by atoms with van der Waals surface area (Å²) >= 11 is 0. The predicted octanol–water partition coefficient (Wildman–Crippen LogP) is 2.64. The minimum absolute atomic E-state index is 0.0343. The summed E-state index contributed by atoms with van der Waals surface area (Å²) in [5, 5.41) is 2.90. The van der Waals surface area contributed by atoms with E-state index in [1.807, 2.05) is 35.2 Å². The summed E-state index contributed by atoms with van der Waals surface area (Å²) in [7, 11) is 1.80. The van der Waals surface area contributed by atoms with E-state index < -0.39 is 0 Å². The van der Waals surface area contributed by atoms with Crippen molar-refractivity contribution in [3.05, 3.63) is 48.0 Å². The quantitative estimate of drug-likeness (QED) is 0.837. The molecular weight excluding hydrogens is 314 g/mol. The van der Waals surface area contributed by atoms with Crippen molar-refractivity contribution in [2.24, 2.45) is 11.8 Å². The SMILES string of the molecule is CN(Cc1ccccc1)C(=O)CCNC(=O)N1C[C@H]2CC=CC[C@H]2C1. The number of hydrogen-bond acceptors (Lipinski definition) is 2. The zero-order chi connectivity index (χ0) is 17.6. The number of nitrogens with one attached hydrogen (secondary N) is 1. The molecule has 3 rings (SSSR count). The third kappa shape index (κ3) is 4.62. The van der Waals surface area contributed by atoms with Crippen molar-refractivity contribution >= 4 is 11.9 Å². The molecule has 5 nitrogen and oxygen atoms in total. The van der Waals surface area contributed by atoms with Gasteiger partial charge < -0.3 is 15.1 Å². The molecule has 0 bridgehead atoms. The number of amides is 3. The van der Waals surface area contributed by atoms with Crippen molar-refractivity contribution in [1.29, 1.82) is 0 Å². The Labute approximate surface area is 149 Å². The van der Waals surface area contributed by atoms with Crippen LogP contribution in [0.3, 0.4) is 0 Å². The van der Waals surface area contributed by atoms with Gasteiger partial charge in [0.05, 0.1) is 0 Å². The van der Waals surface area contributed by atoms with Crippen molar-refractivity contribution in [3.8, 4) is 0 Å². The fourth-order valence-corrected chi connectivity index (χ4v) is 3.71. The van der Waals surface area contributed by atoms with Gasteiger partial charge in [-0.05, 0) is 30.2 Å². The molecule has 1 saturated heterocycles. The zero-order valence-corrected chi connectivity index (χ0v) is 14.9. The number of carbonyl (C=O) groups excluding carboxylic acids is 2. The third-order valence-corrected chi connectivity index (χ3v) is 5.21. The van der Waals surface area contributed by atoms with E-state index in [0.717, 1.165) is 31.5 Å². The van der Waals surface area contributed by atoms with Gasteiger partial charge in [0.1, 0.15) is 0 Å². The number of allylic oxidation sites excluding steroid dienone is 2. The first-order valence-electron chi connectivity index (χ1n) is 9.09. The molecular formula is C20H27N3O2. The van der Waals surface area contributed by atoms with E-state index in [9.17, 15) is 9.59 Å². The lowest BCUT2D eigenvalue weighted by atomic mass is 9.86. The highest BCUT2D eigenvalue weighted by Crippen LogP contribution is 2.32. The van der Waals surface area contributed by atoms with Crippen molar-refractivity contribution in [1.82, 2.24) is 15.1 Å². The lowest BCUT2D eigenvalue weighted by Crippen LogP contribution is -2.40. The second kappa shape index (κ2) is 8.19. The second-order valence-corrected chi connectivity index (χ2v) is 7.09. The molecule has 0 spiro atoms. The topological polar surface area (TPSA) is 52.7 Å². The maximum atomic E-state index is 12.3. The number of nitrogens with zero attached hydrogens (tertiary/aromatic N) is 2. The molecule has 2 aliphatic rings. The number of urea groups is 1. The largest absolute Gasteiger partial charge is 0.341 e. The second-order valence-electron chi connectivity index (χ2n) is 7.09. The van der Waals surface area contributed by atoms with Crippen LogP contribution in [0.1, 0.15) is 24.8 Å². The Balaban J connectivity index is 1.37. The highest BCUT2D eigenvalue weighted by atomic mass is 16.2. The van der Waals surface area contributed by atoms with E-state index in [4.69, 9.17) is 0 Å². The highest BCUT2D eigenvalue weighted by molar-refractivity contribution is 5.78. The van der Waals surface area contributed by atoms with Gasteiger partial charge >= 0.3 is 6.03 Å². The van der Waals surface area contributed by atoms with Crippen LogP contribution in [0.15, 0.2) is 42.5 Å². The number of carbonyl (C=O) groups is 2. The Morgan fingerprint density at radius 3 is 2.40 bits per heavy atom. The normalized spacial score (nSPS) is 21.7. The number of hydrogen-bond donors (Lipinski definition) is 1. The van der Waals surface area contributed by atoms with Gasteiger partial charge in [-0.2, -0.15) is 0 Å². The average Bonchev–Trinajstić information content (AvgIpc) is 3.06. The molecule has 1 aromatic rings. The van der Waals surface area contributed by atoms with Crippen LogP contribution in [-0.2, 0) is 11.3 Å². The van der Waals surface area contributed by atoms with E-state index in [0.29, 0.717) is 31.3 Å². The highest BCUT2D eigenvalue weighted by Gasteiger charge is 2.34. The van der Waals surface area contributed by atoms with Crippen molar-refractivity contribution in [2.45, 2.75) is 25.8 Å². The Hall–Kier alpha value is -2.30. The van der Waals surface area contributed by atoms with Gasteiger partial charge in [-0.3, -0.25) is 4.79 Å². The monoisotopic (exact) mass is 341 g/mol. The molecule has 5 heteroatoms. The first-order chi connectivity index (χ1) is 12.1. The lowest BCUT2D eigenvalue weighted by Gasteiger charge is -2.19. The number of benzene rings is 1. The smallest absolute Gasteiger partial charge is 0.317 e. The zero-order valence-electron chi connectivity index (χ0n) is 14.9. The first-order valence-corrected chi connectivity index (χ1v) is 9.09. The fraction of sp³-hybridized carbons (Fsp3) is 0.500.